The Balaban J connectivity index is 2.18. The van der Waals surface area contributed by atoms with E-state index in [1.165, 1.54) is 11.0 Å². The third kappa shape index (κ3) is 4.31. The van der Waals surface area contributed by atoms with Gasteiger partial charge in [0.25, 0.3) is 0 Å². The fourth-order valence-corrected chi connectivity index (χ4v) is 3.62. The largest absolute Gasteiger partial charge is 0.460 e. The van der Waals surface area contributed by atoms with Crippen LogP contribution in [0.15, 0.2) is 36.9 Å². The Labute approximate surface area is 163 Å². The summed E-state index contributed by atoms with van der Waals surface area (Å²) < 4.78 is 4.97. The predicted octanol–water partition coefficient (Wildman–Crippen LogP) is 2.63. The van der Waals surface area contributed by atoms with Crippen molar-refractivity contribution in [3.8, 4) is 0 Å². The van der Waals surface area contributed by atoms with Gasteiger partial charge in [0.05, 0.1) is 18.1 Å². The molecule has 0 aliphatic carbocycles. The molecule has 1 N–H and O–H groups in total. The Kier molecular flexibility index (Phi) is 6.92. The molecule has 7 heteroatoms. The van der Waals surface area contributed by atoms with Crippen LogP contribution in [-0.4, -0.2) is 52.0 Å². The van der Waals surface area contributed by atoms with Gasteiger partial charge < -0.3 is 14.7 Å². The molecule has 1 aliphatic rings. The quantitative estimate of drug-likeness (QED) is 0.241. The first-order chi connectivity index (χ1) is 12.3. The topological polar surface area (TPSA) is 66.8 Å². The number of β-lactam (4-membered cyclic amide) rings is 1. The lowest BCUT2D eigenvalue weighted by Crippen LogP contribution is -2.68. The van der Waals surface area contributed by atoms with E-state index in [1.54, 1.807) is 19.1 Å². The molecular formula is C19H22ClNO4S. The van der Waals surface area contributed by atoms with Crippen molar-refractivity contribution < 1.29 is 19.4 Å². The van der Waals surface area contributed by atoms with Crippen molar-refractivity contribution in [2.75, 3.05) is 13.2 Å². The van der Waals surface area contributed by atoms with Gasteiger partial charge in [0.2, 0.25) is 5.91 Å². The third-order valence-electron chi connectivity index (χ3n) is 4.53. The minimum absolute atomic E-state index is 0.0874. The molecule has 1 saturated heterocycles. The summed E-state index contributed by atoms with van der Waals surface area (Å²) in [5.74, 6) is -1.61. The van der Waals surface area contributed by atoms with E-state index in [0.717, 1.165) is 5.56 Å². The van der Waals surface area contributed by atoms with Crippen LogP contribution in [0.1, 0.15) is 19.4 Å². The van der Waals surface area contributed by atoms with E-state index in [9.17, 15) is 14.7 Å². The highest BCUT2D eigenvalue weighted by Gasteiger charge is 2.53. The molecule has 0 radical (unpaired) electrons. The average Bonchev–Trinajstić information content (AvgIpc) is 2.61. The number of ether oxygens (including phenoxy) is 1. The Bertz CT molecular complexity index is 704. The maximum Gasteiger partial charge on any atom is 0.325 e. The van der Waals surface area contributed by atoms with Gasteiger partial charge in [0.15, 0.2) is 0 Å². The summed E-state index contributed by atoms with van der Waals surface area (Å²) in [5.41, 5.74) is 0.828. The summed E-state index contributed by atoms with van der Waals surface area (Å²) in [6.45, 7) is 6.86. The van der Waals surface area contributed by atoms with E-state index in [1.807, 2.05) is 19.1 Å². The molecule has 1 aromatic rings. The Morgan fingerprint density at radius 2 is 2.04 bits per heavy atom. The van der Waals surface area contributed by atoms with Crippen molar-refractivity contribution >= 4 is 40.6 Å². The number of hydrogen-bond donors (Lipinski definition) is 1. The smallest absolute Gasteiger partial charge is 0.325 e. The predicted molar refractivity (Wildman–Crippen MR) is 104 cm³/mol. The SMILES string of the molecule is C=CCOC(=O)CN1C(=O)[C@H]([C@@H](C)O)[C@H]1[C@@H](C)C(=S)c1ccc(Cl)cc1. The normalized spacial score (nSPS) is 21.5. The Morgan fingerprint density at radius 1 is 1.42 bits per heavy atom. The van der Waals surface area contributed by atoms with E-state index in [2.05, 4.69) is 6.58 Å². The lowest BCUT2D eigenvalue weighted by molar-refractivity contribution is -0.172. The van der Waals surface area contributed by atoms with Gasteiger partial charge in [0.1, 0.15) is 13.2 Å². The van der Waals surface area contributed by atoms with Gasteiger partial charge in [-0.2, -0.15) is 0 Å². The molecule has 0 saturated carbocycles. The number of aliphatic hydroxyl groups is 1. The molecule has 5 nitrogen and oxygen atoms in total. The molecule has 26 heavy (non-hydrogen) atoms. The van der Waals surface area contributed by atoms with E-state index in [0.29, 0.717) is 9.89 Å². The van der Waals surface area contributed by atoms with Crippen molar-refractivity contribution in [3.05, 3.63) is 47.5 Å². The number of rotatable bonds is 8. The minimum Gasteiger partial charge on any atom is -0.460 e. The standard InChI is InChI=1S/C19H22ClNO4S/c1-4-9-25-15(23)10-21-17(16(12(3)22)19(21)24)11(2)18(26)13-5-7-14(20)8-6-13/h4-8,11-12,16-17,22H,1,9-10H2,2-3H3/t11-,12-,16-,17-/m1/s1. The minimum atomic E-state index is -0.830. The summed E-state index contributed by atoms with van der Waals surface area (Å²) in [5, 5.41) is 10.6. The second-order valence-corrected chi connectivity index (χ2v) is 7.23. The van der Waals surface area contributed by atoms with Crippen LogP contribution in [0.2, 0.25) is 5.02 Å². The molecule has 1 heterocycles. The fourth-order valence-electron chi connectivity index (χ4n) is 3.22. The number of thiocarbonyl (C=S) groups is 1. The average molecular weight is 396 g/mol. The van der Waals surface area contributed by atoms with Gasteiger partial charge in [-0.15, -0.1) is 0 Å². The number of benzene rings is 1. The lowest BCUT2D eigenvalue weighted by atomic mass is 9.74. The fraction of sp³-hybridized carbons (Fsp3) is 0.421. The van der Waals surface area contributed by atoms with Gasteiger partial charge in [-0.25, -0.2) is 0 Å². The highest BCUT2D eigenvalue weighted by atomic mass is 35.5. The van der Waals surface area contributed by atoms with Crippen LogP contribution in [0.4, 0.5) is 0 Å². The Hall–Kier alpha value is -1.76. The Morgan fingerprint density at radius 3 is 2.58 bits per heavy atom. The summed E-state index contributed by atoms with van der Waals surface area (Å²) in [7, 11) is 0. The number of nitrogens with zero attached hydrogens (tertiary/aromatic N) is 1. The van der Waals surface area contributed by atoms with Crippen molar-refractivity contribution in [2.45, 2.75) is 26.0 Å². The van der Waals surface area contributed by atoms with Crippen molar-refractivity contribution in [1.82, 2.24) is 4.90 Å². The number of carbonyl (C=O) groups excluding carboxylic acids is 2. The van der Waals surface area contributed by atoms with Gasteiger partial charge in [0, 0.05) is 15.8 Å². The van der Waals surface area contributed by atoms with E-state index in [-0.39, 0.29) is 31.0 Å². The zero-order valence-corrected chi connectivity index (χ0v) is 16.3. The number of carbonyl (C=O) groups is 2. The van der Waals surface area contributed by atoms with E-state index in [4.69, 9.17) is 28.6 Å². The summed E-state index contributed by atoms with van der Waals surface area (Å²) >= 11 is 11.5. The molecule has 140 valence electrons. The van der Waals surface area contributed by atoms with E-state index >= 15 is 0 Å². The van der Waals surface area contributed by atoms with Crippen molar-refractivity contribution in [1.29, 1.82) is 0 Å². The summed E-state index contributed by atoms with van der Waals surface area (Å²) in [4.78, 5) is 26.4. The molecule has 1 amide bonds. The molecule has 0 bridgehead atoms. The molecule has 0 unspecified atom stereocenters. The molecule has 0 spiro atoms. The van der Waals surface area contributed by atoms with Gasteiger partial charge in [-0.3, -0.25) is 9.59 Å². The first kappa shape index (κ1) is 20.6. The molecule has 2 rings (SSSR count). The maximum absolute atomic E-state index is 12.4. The van der Waals surface area contributed by atoms with Crippen molar-refractivity contribution in [2.24, 2.45) is 11.8 Å². The second-order valence-electron chi connectivity index (χ2n) is 6.35. The van der Waals surface area contributed by atoms with Crippen molar-refractivity contribution in [3.63, 3.8) is 0 Å². The lowest BCUT2D eigenvalue weighted by Gasteiger charge is -2.50. The third-order valence-corrected chi connectivity index (χ3v) is 5.39. The van der Waals surface area contributed by atoms with Crippen LogP contribution >= 0.6 is 23.8 Å². The highest BCUT2D eigenvalue weighted by Crippen LogP contribution is 2.36. The molecule has 1 fully saturated rings. The monoisotopic (exact) mass is 395 g/mol. The number of amides is 1. The zero-order chi connectivity index (χ0) is 19.4. The van der Waals surface area contributed by atoms with Crippen LogP contribution in [0, 0.1) is 11.8 Å². The number of likely N-dealkylation sites (tertiary alicyclic amines) is 1. The molecule has 0 aromatic heterocycles. The maximum atomic E-state index is 12.4. The van der Waals surface area contributed by atoms with E-state index < -0.39 is 18.0 Å². The van der Waals surface area contributed by atoms with Gasteiger partial charge in [-0.1, -0.05) is 55.5 Å². The number of esters is 1. The van der Waals surface area contributed by atoms with Gasteiger partial charge in [-0.05, 0) is 24.6 Å². The molecule has 1 aliphatic heterocycles. The second kappa shape index (κ2) is 8.75. The highest BCUT2D eigenvalue weighted by molar-refractivity contribution is 7.80. The van der Waals surface area contributed by atoms with Crippen LogP contribution in [0.5, 0.6) is 0 Å². The number of aliphatic hydroxyl groups excluding tert-OH is 1. The molecular weight excluding hydrogens is 374 g/mol. The van der Waals surface area contributed by atoms with Crippen LogP contribution in [-0.2, 0) is 14.3 Å². The first-order valence-electron chi connectivity index (χ1n) is 8.32. The van der Waals surface area contributed by atoms with Gasteiger partial charge >= 0.3 is 5.97 Å². The van der Waals surface area contributed by atoms with Crippen LogP contribution in [0.3, 0.4) is 0 Å². The molecule has 4 atom stereocenters. The zero-order valence-electron chi connectivity index (χ0n) is 14.7. The first-order valence-corrected chi connectivity index (χ1v) is 9.11. The number of halogens is 1. The molecule has 1 aromatic carbocycles. The summed E-state index contributed by atoms with van der Waals surface area (Å²) in [6, 6.07) is 6.77. The summed E-state index contributed by atoms with van der Waals surface area (Å²) in [6.07, 6.45) is 0.632. The van der Waals surface area contributed by atoms with Crippen LogP contribution in [0.25, 0.3) is 0 Å². The number of hydrogen-bond acceptors (Lipinski definition) is 5. The van der Waals surface area contributed by atoms with Crippen LogP contribution < -0.4 is 0 Å².